The van der Waals surface area contributed by atoms with Gasteiger partial charge in [0.15, 0.2) is 5.69 Å². The Hall–Kier alpha value is -1.82. The lowest BCUT2D eigenvalue weighted by Crippen LogP contribution is -2.46. The van der Waals surface area contributed by atoms with E-state index in [0.717, 1.165) is 0 Å². The van der Waals surface area contributed by atoms with Gasteiger partial charge in [0.05, 0.1) is 17.4 Å². The fraction of sp³-hybridized carbons (Fsp3) is 0.500. The molecular formula is C14H20ClN5O. The van der Waals surface area contributed by atoms with Crippen LogP contribution in [-0.4, -0.2) is 31.3 Å². The van der Waals surface area contributed by atoms with Gasteiger partial charge in [0.2, 0.25) is 0 Å². The van der Waals surface area contributed by atoms with Crippen LogP contribution in [0.5, 0.6) is 0 Å². The molecule has 0 radical (unpaired) electrons. The van der Waals surface area contributed by atoms with Gasteiger partial charge < -0.3 is 9.88 Å². The molecule has 0 spiro atoms. The first-order chi connectivity index (χ1) is 9.77. The third kappa shape index (κ3) is 3.85. The lowest BCUT2D eigenvalue weighted by atomic mass is 9.86. The monoisotopic (exact) mass is 309 g/mol. The average molecular weight is 310 g/mol. The molecule has 1 amide bonds. The molecule has 0 saturated carbocycles. The van der Waals surface area contributed by atoms with Crippen molar-refractivity contribution in [2.75, 3.05) is 0 Å². The number of halogens is 1. The molecule has 1 atom stereocenters. The van der Waals surface area contributed by atoms with E-state index in [9.17, 15) is 4.79 Å². The highest BCUT2D eigenvalue weighted by Crippen LogP contribution is 2.22. The van der Waals surface area contributed by atoms with Gasteiger partial charge in [0.1, 0.15) is 0 Å². The Morgan fingerprint density at radius 1 is 1.48 bits per heavy atom. The second-order valence-corrected chi connectivity index (χ2v) is 6.56. The molecular weight excluding hydrogens is 290 g/mol. The molecule has 114 valence electrons. The van der Waals surface area contributed by atoms with E-state index in [-0.39, 0.29) is 23.1 Å². The summed E-state index contributed by atoms with van der Waals surface area (Å²) < 4.78 is 3.47. The number of carbonyl (C=O) groups is 1. The molecule has 2 heterocycles. The topological polar surface area (TPSA) is 64.7 Å². The summed E-state index contributed by atoms with van der Waals surface area (Å²) in [4.78, 5) is 16.4. The quantitative estimate of drug-likeness (QED) is 0.941. The third-order valence-electron chi connectivity index (χ3n) is 3.30. The van der Waals surface area contributed by atoms with E-state index in [1.54, 1.807) is 25.8 Å². The molecule has 7 heteroatoms. The van der Waals surface area contributed by atoms with Gasteiger partial charge in [-0.05, 0) is 5.41 Å². The summed E-state index contributed by atoms with van der Waals surface area (Å²) in [6.07, 6.45) is 6.94. The number of carbonyl (C=O) groups excluding carboxylic acids is 1. The van der Waals surface area contributed by atoms with Crippen molar-refractivity contribution in [3.63, 3.8) is 0 Å². The van der Waals surface area contributed by atoms with E-state index in [0.29, 0.717) is 11.6 Å². The van der Waals surface area contributed by atoms with E-state index in [1.165, 1.54) is 4.68 Å². The number of hydrogen-bond donors (Lipinski definition) is 1. The number of nitrogens with one attached hydrogen (secondary N) is 1. The summed E-state index contributed by atoms with van der Waals surface area (Å²) in [6.45, 7) is 6.87. The fourth-order valence-corrected chi connectivity index (χ4v) is 2.25. The summed E-state index contributed by atoms with van der Waals surface area (Å²) in [5.41, 5.74) is 0.139. The zero-order valence-electron chi connectivity index (χ0n) is 12.7. The Morgan fingerprint density at radius 2 is 2.19 bits per heavy atom. The van der Waals surface area contributed by atoms with Crippen LogP contribution in [0.25, 0.3) is 0 Å². The standard InChI is InChI=1S/C14H20ClN5O/c1-14(2,3)11(8-20-6-5-16-9-20)17-13(21)12-10(15)7-19(4)18-12/h5-7,9,11H,8H2,1-4H3,(H,17,21). The first kappa shape index (κ1) is 15.6. The molecule has 0 bridgehead atoms. The van der Waals surface area contributed by atoms with Crippen molar-refractivity contribution in [2.45, 2.75) is 33.4 Å². The highest BCUT2D eigenvalue weighted by atomic mass is 35.5. The highest BCUT2D eigenvalue weighted by molar-refractivity contribution is 6.33. The molecule has 0 fully saturated rings. The van der Waals surface area contributed by atoms with Crippen LogP contribution in [0.3, 0.4) is 0 Å². The Morgan fingerprint density at radius 3 is 2.67 bits per heavy atom. The van der Waals surface area contributed by atoms with Crippen LogP contribution in [-0.2, 0) is 13.6 Å². The van der Waals surface area contributed by atoms with Crippen LogP contribution in [0.4, 0.5) is 0 Å². The molecule has 0 aliphatic carbocycles. The normalized spacial score (nSPS) is 13.2. The summed E-state index contributed by atoms with van der Waals surface area (Å²) in [5, 5.41) is 7.47. The zero-order valence-corrected chi connectivity index (χ0v) is 13.4. The Labute approximate surface area is 129 Å². The van der Waals surface area contributed by atoms with Crippen molar-refractivity contribution in [2.24, 2.45) is 12.5 Å². The molecule has 21 heavy (non-hydrogen) atoms. The van der Waals surface area contributed by atoms with Gasteiger partial charge in [0.25, 0.3) is 5.91 Å². The van der Waals surface area contributed by atoms with Gasteiger partial charge in [-0.15, -0.1) is 0 Å². The van der Waals surface area contributed by atoms with E-state index >= 15 is 0 Å². The van der Waals surface area contributed by atoms with Crippen LogP contribution in [0.1, 0.15) is 31.3 Å². The Bertz CT molecular complexity index is 612. The molecule has 0 aliphatic rings. The van der Waals surface area contributed by atoms with Crippen LogP contribution < -0.4 is 5.32 Å². The number of aromatic nitrogens is 4. The summed E-state index contributed by atoms with van der Waals surface area (Å²) >= 11 is 6.02. The Kier molecular flexibility index (Phi) is 4.37. The maximum Gasteiger partial charge on any atom is 0.273 e. The van der Waals surface area contributed by atoms with E-state index in [4.69, 9.17) is 11.6 Å². The first-order valence-corrected chi connectivity index (χ1v) is 7.11. The number of amides is 1. The lowest BCUT2D eigenvalue weighted by molar-refractivity contribution is 0.0887. The maximum absolute atomic E-state index is 12.4. The molecule has 0 aromatic carbocycles. The van der Waals surface area contributed by atoms with Crippen molar-refractivity contribution in [1.29, 1.82) is 0 Å². The van der Waals surface area contributed by atoms with E-state index < -0.39 is 0 Å². The van der Waals surface area contributed by atoms with Crippen molar-refractivity contribution in [1.82, 2.24) is 24.6 Å². The zero-order chi connectivity index (χ0) is 15.6. The highest BCUT2D eigenvalue weighted by Gasteiger charge is 2.28. The van der Waals surface area contributed by atoms with E-state index in [1.807, 2.05) is 10.8 Å². The van der Waals surface area contributed by atoms with E-state index in [2.05, 4.69) is 36.2 Å². The van der Waals surface area contributed by atoms with Crippen LogP contribution in [0, 0.1) is 5.41 Å². The summed E-state index contributed by atoms with van der Waals surface area (Å²) in [6, 6.07) is -0.0720. The second-order valence-electron chi connectivity index (χ2n) is 6.15. The van der Waals surface area contributed by atoms with Crippen molar-refractivity contribution >= 4 is 17.5 Å². The Balaban J connectivity index is 2.15. The summed E-state index contributed by atoms with van der Waals surface area (Å²) in [7, 11) is 1.73. The first-order valence-electron chi connectivity index (χ1n) is 6.73. The number of rotatable bonds is 4. The number of hydrogen-bond acceptors (Lipinski definition) is 3. The van der Waals surface area contributed by atoms with Crippen LogP contribution in [0.15, 0.2) is 24.9 Å². The lowest BCUT2D eigenvalue weighted by Gasteiger charge is -2.31. The minimum atomic E-state index is -0.263. The second kappa shape index (κ2) is 5.89. The fourth-order valence-electron chi connectivity index (χ4n) is 1.98. The average Bonchev–Trinajstić information content (AvgIpc) is 2.96. The molecule has 1 N–H and O–H groups in total. The predicted octanol–water partition coefficient (Wildman–Crippen LogP) is 2.11. The van der Waals surface area contributed by atoms with Gasteiger partial charge in [-0.2, -0.15) is 5.10 Å². The molecule has 6 nitrogen and oxygen atoms in total. The van der Waals surface area contributed by atoms with Crippen LogP contribution in [0.2, 0.25) is 5.02 Å². The number of aryl methyl sites for hydroxylation is 1. The van der Waals surface area contributed by atoms with Crippen LogP contribution >= 0.6 is 11.6 Å². The molecule has 2 rings (SSSR count). The predicted molar refractivity (Wildman–Crippen MR) is 81.2 cm³/mol. The van der Waals surface area contributed by atoms with Gasteiger partial charge in [0, 0.05) is 32.2 Å². The molecule has 0 aliphatic heterocycles. The third-order valence-corrected chi connectivity index (χ3v) is 3.58. The van der Waals surface area contributed by atoms with Gasteiger partial charge in [-0.3, -0.25) is 9.48 Å². The molecule has 0 saturated heterocycles. The SMILES string of the molecule is Cn1cc(Cl)c(C(=O)NC(Cn2ccnc2)C(C)(C)C)n1. The summed E-state index contributed by atoms with van der Waals surface area (Å²) in [5.74, 6) is -0.263. The van der Waals surface area contributed by atoms with Crippen molar-refractivity contribution in [3.05, 3.63) is 35.6 Å². The molecule has 2 aromatic rings. The maximum atomic E-state index is 12.4. The number of nitrogens with zero attached hydrogens (tertiary/aromatic N) is 4. The van der Waals surface area contributed by atoms with Gasteiger partial charge >= 0.3 is 0 Å². The van der Waals surface area contributed by atoms with Gasteiger partial charge in [-0.25, -0.2) is 4.98 Å². The molecule has 2 aromatic heterocycles. The minimum absolute atomic E-state index is 0.0720. The largest absolute Gasteiger partial charge is 0.346 e. The van der Waals surface area contributed by atoms with Crippen molar-refractivity contribution < 1.29 is 4.79 Å². The number of imidazole rings is 1. The molecule has 1 unspecified atom stereocenters. The smallest absolute Gasteiger partial charge is 0.273 e. The van der Waals surface area contributed by atoms with Crippen molar-refractivity contribution in [3.8, 4) is 0 Å². The van der Waals surface area contributed by atoms with Gasteiger partial charge in [-0.1, -0.05) is 32.4 Å². The minimum Gasteiger partial charge on any atom is -0.346 e.